The fourth-order valence-corrected chi connectivity index (χ4v) is 2.28. The quantitative estimate of drug-likeness (QED) is 0.549. The van der Waals surface area contributed by atoms with Gasteiger partial charge in [0.05, 0.1) is 5.52 Å². The van der Waals surface area contributed by atoms with Crippen LogP contribution in [0.5, 0.6) is 0 Å². The molecule has 0 saturated heterocycles. The lowest BCUT2D eigenvalue weighted by Gasteiger charge is -2.10. The van der Waals surface area contributed by atoms with Crippen molar-refractivity contribution in [3.05, 3.63) is 59.6 Å². The molecule has 94 valence electrons. The third kappa shape index (κ3) is 2.26. The van der Waals surface area contributed by atoms with E-state index in [4.69, 9.17) is 17.4 Å². The first-order valence-corrected chi connectivity index (χ1v) is 6.28. The largest absolute Gasteiger partial charge is 0.308 e. The molecule has 0 aliphatic carbocycles. The summed E-state index contributed by atoms with van der Waals surface area (Å²) < 4.78 is 0. The number of anilines is 1. The molecule has 0 saturated carbocycles. The van der Waals surface area contributed by atoms with Gasteiger partial charge in [-0.1, -0.05) is 41.9 Å². The van der Waals surface area contributed by atoms with E-state index in [2.05, 4.69) is 10.4 Å². The number of nitrogens with two attached hydrogens (primary N) is 1. The van der Waals surface area contributed by atoms with Crippen LogP contribution in [0.2, 0.25) is 5.02 Å². The average molecular weight is 270 g/mol. The molecule has 0 fully saturated rings. The Kier molecular flexibility index (Phi) is 3.07. The second-order valence-electron chi connectivity index (χ2n) is 4.23. The monoisotopic (exact) mass is 269 g/mol. The van der Waals surface area contributed by atoms with Crippen LogP contribution in [0.1, 0.15) is 0 Å². The van der Waals surface area contributed by atoms with E-state index in [1.807, 2.05) is 54.6 Å². The first kappa shape index (κ1) is 12.0. The molecule has 0 amide bonds. The highest BCUT2D eigenvalue weighted by atomic mass is 35.5. The Labute approximate surface area is 116 Å². The minimum Gasteiger partial charge on any atom is -0.308 e. The maximum Gasteiger partial charge on any atom is 0.148 e. The topological polar surface area (TPSA) is 50.9 Å². The number of halogens is 1. The molecule has 3 nitrogen and oxygen atoms in total. The fourth-order valence-electron chi connectivity index (χ4n) is 2.10. The molecule has 0 atom stereocenters. The van der Waals surface area contributed by atoms with Gasteiger partial charge < -0.3 is 5.43 Å². The number of nitrogens with one attached hydrogen (secondary N) is 1. The molecule has 0 aliphatic rings. The predicted octanol–water partition coefficient (Wildman–Crippen LogP) is 3.84. The lowest BCUT2D eigenvalue weighted by molar-refractivity contribution is 1.26. The molecule has 2 aromatic carbocycles. The first-order chi connectivity index (χ1) is 9.28. The normalized spacial score (nSPS) is 10.6. The van der Waals surface area contributed by atoms with Crippen LogP contribution >= 0.6 is 11.6 Å². The number of nitrogen functional groups attached to an aromatic ring is 1. The van der Waals surface area contributed by atoms with Crippen molar-refractivity contribution in [1.82, 2.24) is 4.98 Å². The summed E-state index contributed by atoms with van der Waals surface area (Å²) in [7, 11) is 0. The van der Waals surface area contributed by atoms with Crippen molar-refractivity contribution in [3.8, 4) is 11.1 Å². The van der Waals surface area contributed by atoms with Gasteiger partial charge in [0, 0.05) is 16.0 Å². The van der Waals surface area contributed by atoms with E-state index >= 15 is 0 Å². The maximum absolute atomic E-state index is 6.02. The summed E-state index contributed by atoms with van der Waals surface area (Å²) >= 11 is 6.02. The predicted molar refractivity (Wildman–Crippen MR) is 80.0 cm³/mol. The smallest absolute Gasteiger partial charge is 0.148 e. The van der Waals surface area contributed by atoms with Gasteiger partial charge in [0.1, 0.15) is 5.82 Å². The number of pyridine rings is 1. The molecule has 19 heavy (non-hydrogen) atoms. The van der Waals surface area contributed by atoms with E-state index in [0.29, 0.717) is 10.8 Å². The van der Waals surface area contributed by atoms with E-state index in [9.17, 15) is 0 Å². The van der Waals surface area contributed by atoms with Crippen molar-refractivity contribution in [2.24, 2.45) is 5.84 Å². The summed E-state index contributed by atoms with van der Waals surface area (Å²) in [5.41, 5.74) is 5.53. The van der Waals surface area contributed by atoms with Gasteiger partial charge in [-0.3, -0.25) is 0 Å². The van der Waals surface area contributed by atoms with Crippen molar-refractivity contribution >= 4 is 28.3 Å². The molecule has 0 spiro atoms. The molecule has 3 aromatic rings. The molecule has 4 heteroatoms. The van der Waals surface area contributed by atoms with E-state index in [0.717, 1.165) is 22.0 Å². The van der Waals surface area contributed by atoms with Crippen LogP contribution in [0.25, 0.3) is 22.0 Å². The highest BCUT2D eigenvalue weighted by Crippen LogP contribution is 2.30. The molecule has 0 radical (unpaired) electrons. The Morgan fingerprint density at radius 3 is 2.53 bits per heavy atom. The van der Waals surface area contributed by atoms with Crippen LogP contribution in [0.3, 0.4) is 0 Å². The van der Waals surface area contributed by atoms with Crippen LogP contribution in [-0.2, 0) is 0 Å². The number of hydrazine groups is 1. The Balaban J connectivity index is 2.28. The van der Waals surface area contributed by atoms with Gasteiger partial charge in [0.2, 0.25) is 0 Å². The molecule has 0 bridgehead atoms. The van der Waals surface area contributed by atoms with Gasteiger partial charge >= 0.3 is 0 Å². The van der Waals surface area contributed by atoms with Crippen LogP contribution in [-0.4, -0.2) is 4.98 Å². The third-order valence-electron chi connectivity index (χ3n) is 3.00. The Bertz CT molecular complexity index is 726. The number of fused-ring (bicyclic) bond motifs is 1. The van der Waals surface area contributed by atoms with Crippen molar-refractivity contribution in [2.45, 2.75) is 0 Å². The summed E-state index contributed by atoms with van der Waals surface area (Å²) in [6.07, 6.45) is 0. The minimum absolute atomic E-state index is 0.654. The molecule has 0 unspecified atom stereocenters. The highest BCUT2D eigenvalue weighted by molar-refractivity contribution is 6.31. The Morgan fingerprint density at radius 1 is 1.00 bits per heavy atom. The summed E-state index contributed by atoms with van der Waals surface area (Å²) in [5.74, 6) is 6.22. The second-order valence-corrected chi connectivity index (χ2v) is 4.67. The van der Waals surface area contributed by atoms with Gasteiger partial charge in [-0.05, 0) is 29.8 Å². The Hall–Kier alpha value is -2.10. The van der Waals surface area contributed by atoms with Crippen LogP contribution in [0.4, 0.5) is 5.82 Å². The molecular weight excluding hydrogens is 258 g/mol. The zero-order valence-electron chi connectivity index (χ0n) is 10.1. The van der Waals surface area contributed by atoms with E-state index in [-0.39, 0.29) is 0 Å². The number of hydrogen-bond donors (Lipinski definition) is 2. The fraction of sp³-hybridized carbons (Fsp3) is 0. The molecule has 3 N–H and O–H groups in total. The third-order valence-corrected chi connectivity index (χ3v) is 3.23. The number of nitrogens with zero attached hydrogens (tertiary/aromatic N) is 1. The van der Waals surface area contributed by atoms with Crippen LogP contribution in [0.15, 0.2) is 54.6 Å². The van der Waals surface area contributed by atoms with Gasteiger partial charge in [-0.2, -0.15) is 0 Å². The molecular formula is C15H12ClN3. The summed E-state index contributed by atoms with van der Waals surface area (Å²) in [6.45, 7) is 0. The van der Waals surface area contributed by atoms with Gasteiger partial charge in [0.15, 0.2) is 0 Å². The van der Waals surface area contributed by atoms with Gasteiger partial charge in [-0.15, -0.1) is 0 Å². The highest BCUT2D eigenvalue weighted by Gasteiger charge is 2.08. The van der Waals surface area contributed by atoms with E-state index in [1.54, 1.807) is 0 Å². The van der Waals surface area contributed by atoms with Gasteiger partial charge in [-0.25, -0.2) is 10.8 Å². The standard InChI is InChI=1S/C15H12ClN3/c16-12-6-7-14-11(8-12)9-13(15(18-14)19-17)10-4-2-1-3-5-10/h1-9H,17H2,(H,18,19). The van der Waals surface area contributed by atoms with E-state index < -0.39 is 0 Å². The molecule has 3 rings (SSSR count). The summed E-state index contributed by atoms with van der Waals surface area (Å²) in [4.78, 5) is 4.52. The van der Waals surface area contributed by atoms with Crippen molar-refractivity contribution in [2.75, 3.05) is 5.43 Å². The van der Waals surface area contributed by atoms with Crippen LogP contribution < -0.4 is 11.3 Å². The van der Waals surface area contributed by atoms with E-state index in [1.165, 1.54) is 0 Å². The minimum atomic E-state index is 0.654. The first-order valence-electron chi connectivity index (χ1n) is 5.90. The second kappa shape index (κ2) is 4.88. The van der Waals surface area contributed by atoms with Crippen LogP contribution in [0, 0.1) is 0 Å². The van der Waals surface area contributed by atoms with Crippen molar-refractivity contribution < 1.29 is 0 Å². The molecule has 1 heterocycles. The number of aromatic nitrogens is 1. The molecule has 1 aromatic heterocycles. The number of hydrogen-bond acceptors (Lipinski definition) is 3. The Morgan fingerprint density at radius 2 is 1.79 bits per heavy atom. The molecule has 0 aliphatic heterocycles. The number of rotatable bonds is 2. The lowest BCUT2D eigenvalue weighted by Crippen LogP contribution is -2.10. The number of benzene rings is 2. The summed E-state index contributed by atoms with van der Waals surface area (Å²) in [5, 5.41) is 1.69. The SMILES string of the molecule is NNc1nc2ccc(Cl)cc2cc1-c1ccccc1. The zero-order valence-corrected chi connectivity index (χ0v) is 10.9. The lowest BCUT2D eigenvalue weighted by atomic mass is 10.0. The van der Waals surface area contributed by atoms with Crippen molar-refractivity contribution in [1.29, 1.82) is 0 Å². The summed E-state index contributed by atoms with van der Waals surface area (Å²) in [6, 6.07) is 17.6. The van der Waals surface area contributed by atoms with Gasteiger partial charge in [0.25, 0.3) is 0 Å². The average Bonchev–Trinajstić information content (AvgIpc) is 2.46. The maximum atomic E-state index is 6.02. The zero-order chi connectivity index (χ0) is 13.2. The van der Waals surface area contributed by atoms with Crippen molar-refractivity contribution in [3.63, 3.8) is 0 Å².